The fraction of sp³-hybridized carbons (Fsp3) is 0.909. The van der Waals surface area contributed by atoms with Crippen LogP contribution in [0.15, 0.2) is 0 Å². The van der Waals surface area contributed by atoms with E-state index in [1.807, 2.05) is 0 Å². The summed E-state index contributed by atoms with van der Waals surface area (Å²) in [6.45, 7) is 0.721. The van der Waals surface area contributed by atoms with Crippen molar-refractivity contribution in [1.82, 2.24) is 10.6 Å². The maximum atomic E-state index is 11.7. The highest BCUT2D eigenvalue weighted by Crippen LogP contribution is 2.17. The minimum Gasteiger partial charge on any atom is -0.356 e. The minimum absolute atomic E-state index is 0.0156. The molecule has 20 heavy (non-hydrogen) atoms. The molecule has 0 spiro atoms. The molecule has 2 saturated heterocycles. The van der Waals surface area contributed by atoms with Gasteiger partial charge in [-0.3, -0.25) is 4.79 Å². The molecule has 2 rings (SSSR count). The Labute approximate surface area is 119 Å². The van der Waals surface area contributed by atoms with Crippen LogP contribution in [0.2, 0.25) is 0 Å². The van der Waals surface area contributed by atoms with Crippen LogP contribution in [0.4, 0.5) is 0 Å². The van der Waals surface area contributed by atoms with Gasteiger partial charge in [0.25, 0.3) is 0 Å². The summed E-state index contributed by atoms with van der Waals surface area (Å²) in [7, 11) is -5.97. The van der Waals surface area contributed by atoms with Crippen molar-refractivity contribution in [1.29, 1.82) is 0 Å². The van der Waals surface area contributed by atoms with Crippen LogP contribution in [-0.2, 0) is 24.5 Å². The van der Waals surface area contributed by atoms with Crippen LogP contribution in [0.1, 0.15) is 12.8 Å². The zero-order valence-electron chi connectivity index (χ0n) is 11.2. The van der Waals surface area contributed by atoms with Gasteiger partial charge in [-0.05, 0) is 12.3 Å². The van der Waals surface area contributed by atoms with Gasteiger partial charge in [0.1, 0.15) is 0 Å². The van der Waals surface area contributed by atoms with Crippen molar-refractivity contribution < 1.29 is 21.6 Å². The summed E-state index contributed by atoms with van der Waals surface area (Å²) in [4.78, 5) is 11.7. The van der Waals surface area contributed by atoms with Gasteiger partial charge in [0.05, 0.1) is 23.0 Å². The molecule has 2 aliphatic rings. The second kappa shape index (κ2) is 5.98. The predicted octanol–water partition coefficient (Wildman–Crippen LogP) is -1.69. The number of sulfone groups is 2. The van der Waals surface area contributed by atoms with Crippen molar-refractivity contribution in [3.8, 4) is 0 Å². The van der Waals surface area contributed by atoms with E-state index in [1.165, 1.54) is 0 Å². The molecular formula is C11H20N2O5S2. The summed E-state index contributed by atoms with van der Waals surface area (Å²) in [5.41, 5.74) is 0. The third kappa shape index (κ3) is 4.71. The standard InChI is InChI=1S/C11H20N2O5S2/c14-11(5-10-8-20(17,18)4-2-12-10)13-6-9-1-3-19(15,16)7-9/h9-10,12H,1-8H2,(H,13,14). The average molecular weight is 324 g/mol. The lowest BCUT2D eigenvalue weighted by atomic mass is 10.1. The molecule has 1 amide bonds. The molecule has 0 aromatic rings. The van der Waals surface area contributed by atoms with Gasteiger partial charge in [0.2, 0.25) is 5.91 Å². The fourth-order valence-corrected chi connectivity index (χ4v) is 5.89. The lowest BCUT2D eigenvalue weighted by Gasteiger charge is -2.23. The molecule has 0 radical (unpaired) electrons. The third-order valence-corrected chi connectivity index (χ3v) is 7.22. The highest BCUT2D eigenvalue weighted by molar-refractivity contribution is 7.91. The topological polar surface area (TPSA) is 109 Å². The predicted molar refractivity (Wildman–Crippen MR) is 74.8 cm³/mol. The van der Waals surface area contributed by atoms with Gasteiger partial charge >= 0.3 is 0 Å². The Bertz CT molecular complexity index is 570. The van der Waals surface area contributed by atoms with Gasteiger partial charge < -0.3 is 10.6 Å². The van der Waals surface area contributed by atoms with E-state index >= 15 is 0 Å². The molecule has 0 aromatic heterocycles. The average Bonchev–Trinajstić information content (AvgIpc) is 2.65. The summed E-state index contributed by atoms with van der Waals surface area (Å²) in [6.07, 6.45) is 0.692. The molecule has 116 valence electrons. The van der Waals surface area contributed by atoms with Crippen molar-refractivity contribution >= 4 is 25.6 Å². The number of rotatable bonds is 4. The quantitative estimate of drug-likeness (QED) is 0.639. The number of hydrogen-bond acceptors (Lipinski definition) is 6. The van der Waals surface area contributed by atoms with Gasteiger partial charge in [-0.2, -0.15) is 0 Å². The molecule has 2 heterocycles. The Kier molecular flexibility index (Phi) is 4.70. The first-order valence-corrected chi connectivity index (χ1v) is 10.3. The zero-order chi connectivity index (χ0) is 14.8. The molecule has 7 nitrogen and oxygen atoms in total. The molecule has 0 aliphatic carbocycles. The van der Waals surface area contributed by atoms with E-state index in [9.17, 15) is 21.6 Å². The van der Waals surface area contributed by atoms with Crippen LogP contribution in [0, 0.1) is 5.92 Å². The van der Waals surface area contributed by atoms with Gasteiger partial charge in [-0.25, -0.2) is 16.8 Å². The van der Waals surface area contributed by atoms with Gasteiger partial charge in [0, 0.05) is 25.6 Å². The number of nitrogens with one attached hydrogen (secondary N) is 2. The minimum atomic E-state index is -3.05. The van der Waals surface area contributed by atoms with Crippen molar-refractivity contribution in [2.75, 3.05) is 36.1 Å². The van der Waals surface area contributed by atoms with E-state index < -0.39 is 19.7 Å². The molecule has 2 aliphatic heterocycles. The van der Waals surface area contributed by atoms with E-state index in [-0.39, 0.29) is 47.3 Å². The molecular weight excluding hydrogens is 304 g/mol. The van der Waals surface area contributed by atoms with Crippen LogP contribution in [-0.4, -0.2) is 64.9 Å². The van der Waals surface area contributed by atoms with Crippen LogP contribution >= 0.6 is 0 Å². The van der Waals surface area contributed by atoms with Crippen LogP contribution < -0.4 is 10.6 Å². The largest absolute Gasteiger partial charge is 0.356 e. The van der Waals surface area contributed by atoms with E-state index in [0.717, 1.165) is 0 Å². The van der Waals surface area contributed by atoms with E-state index in [0.29, 0.717) is 19.5 Å². The maximum Gasteiger partial charge on any atom is 0.221 e. The molecule has 2 fully saturated rings. The van der Waals surface area contributed by atoms with E-state index in [4.69, 9.17) is 0 Å². The first-order chi connectivity index (χ1) is 9.26. The normalized spacial score (nSPS) is 31.8. The Morgan fingerprint density at radius 1 is 1.10 bits per heavy atom. The maximum absolute atomic E-state index is 11.7. The zero-order valence-corrected chi connectivity index (χ0v) is 12.8. The lowest BCUT2D eigenvalue weighted by molar-refractivity contribution is -0.121. The molecule has 9 heteroatoms. The van der Waals surface area contributed by atoms with Crippen LogP contribution in [0.3, 0.4) is 0 Å². The Hall–Kier alpha value is -0.670. The molecule has 2 unspecified atom stereocenters. The summed E-state index contributed by atoms with van der Waals surface area (Å²) >= 11 is 0. The lowest BCUT2D eigenvalue weighted by Crippen LogP contribution is -2.47. The van der Waals surface area contributed by atoms with E-state index in [1.54, 1.807) is 0 Å². The number of carbonyl (C=O) groups is 1. The highest BCUT2D eigenvalue weighted by Gasteiger charge is 2.29. The Morgan fingerprint density at radius 3 is 2.40 bits per heavy atom. The second-order valence-electron chi connectivity index (χ2n) is 5.54. The SMILES string of the molecule is O=C(CC1CS(=O)(=O)CCN1)NCC1CCS(=O)(=O)C1. The molecule has 0 aromatic carbocycles. The van der Waals surface area contributed by atoms with Gasteiger partial charge in [0.15, 0.2) is 19.7 Å². The van der Waals surface area contributed by atoms with Crippen LogP contribution in [0.5, 0.6) is 0 Å². The second-order valence-corrected chi connectivity index (χ2v) is 10.0. The number of carbonyl (C=O) groups excluding carboxylic acids is 1. The van der Waals surface area contributed by atoms with Crippen molar-refractivity contribution in [2.24, 2.45) is 5.92 Å². The summed E-state index contributed by atoms with van der Waals surface area (Å²) < 4.78 is 45.5. The Morgan fingerprint density at radius 2 is 1.80 bits per heavy atom. The smallest absolute Gasteiger partial charge is 0.221 e. The van der Waals surface area contributed by atoms with Gasteiger partial charge in [-0.15, -0.1) is 0 Å². The molecule has 2 N–H and O–H groups in total. The van der Waals surface area contributed by atoms with Crippen LogP contribution in [0.25, 0.3) is 0 Å². The molecule has 2 atom stereocenters. The summed E-state index contributed by atoms with van der Waals surface area (Å²) in [6, 6.07) is -0.346. The molecule has 0 bridgehead atoms. The first kappa shape index (κ1) is 15.7. The van der Waals surface area contributed by atoms with E-state index in [2.05, 4.69) is 10.6 Å². The van der Waals surface area contributed by atoms with Crippen molar-refractivity contribution in [3.63, 3.8) is 0 Å². The van der Waals surface area contributed by atoms with Crippen molar-refractivity contribution in [2.45, 2.75) is 18.9 Å². The molecule has 0 saturated carbocycles. The first-order valence-electron chi connectivity index (χ1n) is 6.67. The highest BCUT2D eigenvalue weighted by atomic mass is 32.2. The summed E-state index contributed by atoms with van der Waals surface area (Å²) in [5.74, 6) is 0.165. The summed E-state index contributed by atoms with van der Waals surface area (Å²) in [5, 5.41) is 5.71. The van der Waals surface area contributed by atoms with Gasteiger partial charge in [-0.1, -0.05) is 0 Å². The third-order valence-electron chi connectivity index (χ3n) is 3.65. The Balaban J connectivity index is 1.73. The fourth-order valence-electron chi connectivity index (χ4n) is 2.59. The monoisotopic (exact) mass is 324 g/mol. The number of hydrogen-bond donors (Lipinski definition) is 2. The number of amides is 1. The van der Waals surface area contributed by atoms with Crippen molar-refractivity contribution in [3.05, 3.63) is 0 Å².